The number of carboxylic acid groups (broad SMARTS) is 1. The maximum atomic E-state index is 11.5. The van der Waals surface area contributed by atoms with E-state index in [1.165, 1.54) is 0 Å². The van der Waals surface area contributed by atoms with E-state index in [-0.39, 0.29) is 0 Å². The summed E-state index contributed by atoms with van der Waals surface area (Å²) in [5.74, 6) is -1.65. The standard InChI is InChI=1S/C15H11Cl3O2/c16-12-4-2-1-3-10(12)11(15(19)20)7-9-5-6-13(17)14(18)8-9/h1-6,8,11H,7H2,(H,19,20). The van der Waals surface area contributed by atoms with Gasteiger partial charge in [-0.3, -0.25) is 4.79 Å². The van der Waals surface area contributed by atoms with E-state index >= 15 is 0 Å². The third-order valence-electron chi connectivity index (χ3n) is 3.00. The highest BCUT2D eigenvalue weighted by molar-refractivity contribution is 6.42. The first-order valence-corrected chi connectivity index (χ1v) is 7.03. The molecule has 1 unspecified atom stereocenters. The van der Waals surface area contributed by atoms with Gasteiger partial charge in [0.25, 0.3) is 0 Å². The summed E-state index contributed by atoms with van der Waals surface area (Å²) in [4.78, 5) is 11.5. The second-order valence-electron chi connectivity index (χ2n) is 4.36. The smallest absolute Gasteiger partial charge is 0.311 e. The third kappa shape index (κ3) is 3.45. The molecule has 1 N–H and O–H groups in total. The molecule has 0 fully saturated rings. The number of hydrogen-bond acceptors (Lipinski definition) is 1. The first kappa shape index (κ1) is 15.2. The van der Waals surface area contributed by atoms with Crippen LogP contribution in [0.5, 0.6) is 0 Å². The van der Waals surface area contributed by atoms with Gasteiger partial charge in [0.05, 0.1) is 16.0 Å². The molecule has 0 bridgehead atoms. The molecule has 2 nitrogen and oxygen atoms in total. The molecule has 1 atom stereocenters. The molecule has 0 saturated heterocycles. The summed E-state index contributed by atoms with van der Waals surface area (Å²) in [7, 11) is 0. The van der Waals surface area contributed by atoms with Crippen molar-refractivity contribution in [3.63, 3.8) is 0 Å². The first-order chi connectivity index (χ1) is 9.49. The average Bonchev–Trinajstić information content (AvgIpc) is 2.41. The Kier molecular flexibility index (Phi) is 4.92. The van der Waals surface area contributed by atoms with Crippen LogP contribution in [0.1, 0.15) is 17.0 Å². The van der Waals surface area contributed by atoms with E-state index in [0.717, 1.165) is 5.56 Å². The minimum atomic E-state index is -0.927. The number of benzene rings is 2. The zero-order valence-electron chi connectivity index (χ0n) is 10.3. The molecule has 0 amide bonds. The zero-order valence-corrected chi connectivity index (χ0v) is 12.6. The van der Waals surface area contributed by atoms with Gasteiger partial charge < -0.3 is 5.11 Å². The highest BCUT2D eigenvalue weighted by Gasteiger charge is 2.22. The molecule has 2 rings (SSSR count). The van der Waals surface area contributed by atoms with Crippen molar-refractivity contribution in [1.29, 1.82) is 0 Å². The van der Waals surface area contributed by atoms with Crippen LogP contribution < -0.4 is 0 Å². The summed E-state index contributed by atoms with van der Waals surface area (Å²) >= 11 is 17.9. The molecule has 104 valence electrons. The molecular weight excluding hydrogens is 319 g/mol. The molecule has 2 aromatic carbocycles. The number of rotatable bonds is 4. The van der Waals surface area contributed by atoms with Crippen molar-refractivity contribution in [2.24, 2.45) is 0 Å². The minimum Gasteiger partial charge on any atom is -0.481 e. The van der Waals surface area contributed by atoms with E-state index in [1.807, 2.05) is 0 Å². The van der Waals surface area contributed by atoms with E-state index in [0.29, 0.717) is 27.1 Å². The van der Waals surface area contributed by atoms with E-state index < -0.39 is 11.9 Å². The van der Waals surface area contributed by atoms with Gasteiger partial charge in [0.15, 0.2) is 0 Å². The molecule has 0 aliphatic carbocycles. The zero-order chi connectivity index (χ0) is 14.7. The number of halogens is 3. The fourth-order valence-corrected chi connectivity index (χ4v) is 2.58. The van der Waals surface area contributed by atoms with Crippen LogP contribution in [-0.4, -0.2) is 11.1 Å². The topological polar surface area (TPSA) is 37.3 Å². The molecule has 20 heavy (non-hydrogen) atoms. The lowest BCUT2D eigenvalue weighted by molar-refractivity contribution is -0.138. The third-order valence-corrected chi connectivity index (χ3v) is 4.09. The molecule has 0 aromatic heterocycles. The number of hydrogen-bond donors (Lipinski definition) is 1. The van der Waals surface area contributed by atoms with Crippen molar-refractivity contribution in [2.45, 2.75) is 12.3 Å². The summed E-state index contributed by atoms with van der Waals surface area (Å²) in [5, 5.41) is 10.7. The SMILES string of the molecule is O=C(O)C(Cc1ccc(Cl)c(Cl)c1)c1ccccc1Cl. The fraction of sp³-hybridized carbons (Fsp3) is 0.133. The quantitative estimate of drug-likeness (QED) is 0.851. The van der Waals surface area contributed by atoms with Gasteiger partial charge in [-0.15, -0.1) is 0 Å². The predicted octanol–water partition coefficient (Wildman–Crippen LogP) is 5.06. The van der Waals surface area contributed by atoms with Gasteiger partial charge in [0.2, 0.25) is 0 Å². The van der Waals surface area contributed by atoms with Crippen molar-refractivity contribution in [1.82, 2.24) is 0 Å². The Balaban J connectivity index is 2.33. The molecule has 0 spiro atoms. The Bertz CT molecular complexity index is 641. The molecule has 0 aliphatic rings. The second-order valence-corrected chi connectivity index (χ2v) is 5.59. The molecule has 5 heteroatoms. The summed E-state index contributed by atoms with van der Waals surface area (Å²) in [6.07, 6.45) is 0.302. The molecule has 0 heterocycles. The summed E-state index contributed by atoms with van der Waals surface area (Å²) in [6.45, 7) is 0. The van der Waals surface area contributed by atoms with Crippen LogP contribution in [0, 0.1) is 0 Å². The van der Waals surface area contributed by atoms with Gasteiger partial charge in [-0.1, -0.05) is 59.1 Å². The monoisotopic (exact) mass is 328 g/mol. The summed E-state index contributed by atoms with van der Waals surface area (Å²) in [6, 6.07) is 12.0. The summed E-state index contributed by atoms with van der Waals surface area (Å²) in [5.41, 5.74) is 1.39. The van der Waals surface area contributed by atoms with Gasteiger partial charge in [-0.25, -0.2) is 0 Å². The van der Waals surface area contributed by atoms with Crippen molar-refractivity contribution in [2.75, 3.05) is 0 Å². The molecule has 0 aliphatic heterocycles. The van der Waals surface area contributed by atoms with Crippen LogP contribution in [0.3, 0.4) is 0 Å². The maximum Gasteiger partial charge on any atom is 0.311 e. The molecule has 2 aromatic rings. The lowest BCUT2D eigenvalue weighted by Crippen LogP contribution is -2.15. The van der Waals surface area contributed by atoms with Crippen LogP contribution in [0.25, 0.3) is 0 Å². The first-order valence-electron chi connectivity index (χ1n) is 5.90. The fourth-order valence-electron chi connectivity index (χ4n) is 1.99. The van der Waals surface area contributed by atoms with Crippen LogP contribution in [0.2, 0.25) is 15.1 Å². The van der Waals surface area contributed by atoms with Crippen molar-refractivity contribution >= 4 is 40.8 Å². The van der Waals surface area contributed by atoms with Crippen LogP contribution in [0.15, 0.2) is 42.5 Å². The van der Waals surface area contributed by atoms with Gasteiger partial charge in [0, 0.05) is 5.02 Å². The van der Waals surface area contributed by atoms with Crippen LogP contribution in [-0.2, 0) is 11.2 Å². The van der Waals surface area contributed by atoms with Crippen LogP contribution >= 0.6 is 34.8 Å². The number of carbonyl (C=O) groups is 1. The highest BCUT2D eigenvalue weighted by atomic mass is 35.5. The van der Waals surface area contributed by atoms with Crippen molar-refractivity contribution in [3.05, 3.63) is 68.7 Å². The molecular formula is C15H11Cl3O2. The van der Waals surface area contributed by atoms with E-state index in [2.05, 4.69) is 0 Å². The Morgan fingerprint density at radius 2 is 1.70 bits per heavy atom. The largest absolute Gasteiger partial charge is 0.481 e. The second kappa shape index (κ2) is 6.49. The Morgan fingerprint density at radius 3 is 2.30 bits per heavy atom. The Morgan fingerprint density at radius 1 is 1.00 bits per heavy atom. The van der Waals surface area contributed by atoms with Crippen molar-refractivity contribution < 1.29 is 9.90 Å². The highest BCUT2D eigenvalue weighted by Crippen LogP contribution is 2.30. The maximum absolute atomic E-state index is 11.5. The molecule has 0 radical (unpaired) electrons. The van der Waals surface area contributed by atoms with Crippen molar-refractivity contribution in [3.8, 4) is 0 Å². The normalized spacial score (nSPS) is 12.2. The van der Waals surface area contributed by atoms with Gasteiger partial charge in [-0.05, 0) is 35.7 Å². The lowest BCUT2D eigenvalue weighted by atomic mass is 9.92. The van der Waals surface area contributed by atoms with E-state index in [9.17, 15) is 9.90 Å². The Labute approximate surface area is 131 Å². The van der Waals surface area contributed by atoms with Gasteiger partial charge >= 0.3 is 5.97 Å². The predicted molar refractivity (Wildman–Crippen MR) is 82.0 cm³/mol. The van der Waals surface area contributed by atoms with E-state index in [4.69, 9.17) is 34.8 Å². The Hall–Kier alpha value is -1.22. The van der Waals surface area contributed by atoms with Gasteiger partial charge in [-0.2, -0.15) is 0 Å². The van der Waals surface area contributed by atoms with Crippen LogP contribution in [0.4, 0.5) is 0 Å². The summed E-state index contributed by atoms with van der Waals surface area (Å²) < 4.78 is 0. The average molecular weight is 330 g/mol. The molecule has 0 saturated carbocycles. The number of carboxylic acids is 1. The minimum absolute atomic E-state index is 0.302. The van der Waals surface area contributed by atoms with Gasteiger partial charge in [0.1, 0.15) is 0 Å². The number of aliphatic carboxylic acids is 1. The van der Waals surface area contributed by atoms with E-state index in [1.54, 1.807) is 42.5 Å². The lowest BCUT2D eigenvalue weighted by Gasteiger charge is -2.14.